The van der Waals surface area contributed by atoms with Crippen LogP contribution in [0.2, 0.25) is 0 Å². The zero-order valence-corrected chi connectivity index (χ0v) is 24.1. The Morgan fingerprint density at radius 1 is 0.485 bits per heavy atom. The fraction of sp³-hybridized carbons (Fsp3) is 0.586. The first-order valence-electron chi connectivity index (χ1n) is 11.9. The molecule has 0 amide bonds. The van der Waals surface area contributed by atoms with Gasteiger partial charge in [0.05, 0.1) is 0 Å². The molecule has 3 nitrogen and oxygen atoms in total. The maximum Gasteiger partial charge on any atom is 0.308 e. The van der Waals surface area contributed by atoms with Gasteiger partial charge in [0, 0.05) is 6.66 Å². The van der Waals surface area contributed by atoms with Crippen molar-refractivity contribution < 1.29 is 9.05 Å². The van der Waals surface area contributed by atoms with Crippen molar-refractivity contribution in [1.29, 1.82) is 5.16 Å². The molecule has 0 heterocycles. The van der Waals surface area contributed by atoms with E-state index in [0.717, 1.165) is 0 Å². The van der Waals surface area contributed by atoms with Crippen molar-refractivity contribution in [1.82, 2.24) is 0 Å². The van der Waals surface area contributed by atoms with Crippen molar-refractivity contribution in [3.05, 3.63) is 58.7 Å². The van der Waals surface area contributed by atoms with E-state index >= 15 is 0 Å². The van der Waals surface area contributed by atoms with Crippen molar-refractivity contribution in [2.75, 3.05) is 6.66 Å². The van der Waals surface area contributed by atoms with Gasteiger partial charge in [-0.3, -0.25) is 0 Å². The second-order valence-corrected chi connectivity index (χ2v) is 15.6. The summed E-state index contributed by atoms with van der Waals surface area (Å²) < 4.78 is 12.6. The lowest BCUT2D eigenvalue weighted by Gasteiger charge is -2.29. The normalized spacial score (nSPS) is 13.7. The molecule has 0 aliphatic rings. The summed E-state index contributed by atoms with van der Waals surface area (Å²) in [5, 5.41) is 8.97. The molecule has 0 bridgehead atoms. The Balaban J connectivity index is 2.48. The average molecular weight is 472 g/mol. The summed E-state index contributed by atoms with van der Waals surface area (Å²) in [6.07, 6.45) is 0. The van der Waals surface area contributed by atoms with E-state index in [1.165, 1.54) is 22.3 Å². The summed E-state index contributed by atoms with van der Waals surface area (Å²) in [4.78, 5) is 0. The number of hydrogen-bond acceptors (Lipinski definition) is 3. The largest absolute Gasteiger partial charge is 0.430 e. The molecule has 0 fully saturated rings. The molecule has 0 radical (unpaired) electrons. The molecule has 0 spiro atoms. The quantitative estimate of drug-likeness (QED) is 0.451. The zero-order valence-electron chi connectivity index (χ0n) is 23.2. The van der Waals surface area contributed by atoms with E-state index in [1.54, 1.807) is 6.66 Å². The van der Waals surface area contributed by atoms with Gasteiger partial charge >= 0.3 is 7.51 Å². The first-order valence-corrected chi connectivity index (χ1v) is 14.0. The predicted octanol–water partition coefficient (Wildman–Crippen LogP) is 9.57. The van der Waals surface area contributed by atoms with E-state index < -0.39 is 7.51 Å². The summed E-state index contributed by atoms with van der Waals surface area (Å²) in [6, 6.07) is 12.8. The number of benzene rings is 2. The molecule has 0 aliphatic carbocycles. The molecule has 33 heavy (non-hydrogen) atoms. The molecule has 0 saturated heterocycles. The molecule has 0 aromatic heterocycles. The minimum absolute atomic E-state index is 0.0141. The van der Waals surface area contributed by atoms with Gasteiger partial charge in [-0.25, -0.2) is 5.16 Å². The van der Waals surface area contributed by atoms with E-state index in [2.05, 4.69) is 119 Å². The van der Waals surface area contributed by atoms with Crippen molar-refractivity contribution in [2.45, 2.75) is 105 Å². The number of hydrogen-bond donors (Lipinski definition) is 1. The van der Waals surface area contributed by atoms with Crippen LogP contribution < -0.4 is 9.05 Å². The molecule has 1 N–H and O–H groups in total. The lowest BCUT2D eigenvalue weighted by atomic mass is 9.80. The highest BCUT2D eigenvalue weighted by molar-refractivity contribution is 7.55. The van der Waals surface area contributed by atoms with E-state index in [0.29, 0.717) is 11.5 Å². The molecular weight excluding hydrogens is 425 g/mol. The molecular formula is C29H46NO2P. The van der Waals surface area contributed by atoms with Crippen LogP contribution in [0.4, 0.5) is 0 Å². The first-order chi connectivity index (χ1) is 14.6. The van der Waals surface area contributed by atoms with Crippen molar-refractivity contribution in [3.8, 4) is 11.5 Å². The third-order valence-electron chi connectivity index (χ3n) is 5.84. The SMILES string of the molecule is CC(C)(C)c1cc(OP(C)(=N)Oc2cc(C(C)(C)C)cc(C(C)(C)C)c2)cc(C(C)(C)C)c1. The Labute approximate surface area is 203 Å². The minimum Gasteiger partial charge on any atom is -0.430 e. The smallest absolute Gasteiger partial charge is 0.308 e. The van der Waals surface area contributed by atoms with Gasteiger partial charge in [-0.15, -0.1) is 0 Å². The van der Waals surface area contributed by atoms with Gasteiger partial charge in [0.25, 0.3) is 0 Å². The van der Waals surface area contributed by atoms with Crippen LogP contribution in [-0.4, -0.2) is 6.66 Å². The van der Waals surface area contributed by atoms with Gasteiger partial charge in [-0.2, -0.15) is 0 Å². The van der Waals surface area contributed by atoms with E-state index in [1.807, 2.05) is 0 Å². The van der Waals surface area contributed by atoms with Crippen LogP contribution in [0.25, 0.3) is 0 Å². The van der Waals surface area contributed by atoms with Gasteiger partial charge < -0.3 is 9.05 Å². The van der Waals surface area contributed by atoms with Crippen LogP contribution in [0, 0.1) is 5.16 Å². The van der Waals surface area contributed by atoms with Gasteiger partial charge in [-0.1, -0.05) is 95.2 Å². The summed E-state index contributed by atoms with van der Waals surface area (Å²) in [6.45, 7) is 28.2. The summed E-state index contributed by atoms with van der Waals surface area (Å²) in [7, 11) is -2.92. The maximum absolute atomic E-state index is 8.97. The maximum atomic E-state index is 8.97. The van der Waals surface area contributed by atoms with Gasteiger partial charge in [0.2, 0.25) is 0 Å². The van der Waals surface area contributed by atoms with E-state index in [4.69, 9.17) is 14.2 Å². The topological polar surface area (TPSA) is 42.3 Å². The minimum atomic E-state index is -2.92. The Morgan fingerprint density at radius 3 is 0.879 bits per heavy atom. The number of nitrogens with one attached hydrogen (secondary N) is 1. The summed E-state index contributed by atoms with van der Waals surface area (Å²) in [5.41, 5.74) is 4.76. The van der Waals surface area contributed by atoms with Crippen LogP contribution in [0.15, 0.2) is 36.4 Å². The predicted molar refractivity (Wildman–Crippen MR) is 145 cm³/mol. The molecule has 2 aromatic carbocycles. The second kappa shape index (κ2) is 8.81. The van der Waals surface area contributed by atoms with Gasteiger partial charge in [0.15, 0.2) is 0 Å². The zero-order chi connectivity index (χ0) is 25.6. The fourth-order valence-corrected chi connectivity index (χ4v) is 4.51. The third kappa shape index (κ3) is 7.64. The Morgan fingerprint density at radius 2 is 0.697 bits per heavy atom. The highest BCUT2D eigenvalue weighted by atomic mass is 31.2. The highest BCUT2D eigenvalue weighted by Crippen LogP contribution is 2.48. The van der Waals surface area contributed by atoms with Crippen LogP contribution in [0.5, 0.6) is 11.5 Å². The molecule has 2 aromatic rings. The highest BCUT2D eigenvalue weighted by Gasteiger charge is 2.25. The van der Waals surface area contributed by atoms with Crippen molar-refractivity contribution in [3.63, 3.8) is 0 Å². The van der Waals surface area contributed by atoms with Crippen molar-refractivity contribution >= 4 is 7.51 Å². The van der Waals surface area contributed by atoms with Crippen molar-refractivity contribution in [2.24, 2.45) is 0 Å². The second-order valence-electron chi connectivity index (χ2n) is 13.5. The van der Waals surface area contributed by atoms with Crippen LogP contribution in [0.3, 0.4) is 0 Å². The summed E-state index contributed by atoms with van der Waals surface area (Å²) in [5.74, 6) is 1.42. The monoisotopic (exact) mass is 471 g/mol. The third-order valence-corrected chi connectivity index (χ3v) is 6.95. The Hall–Kier alpha value is -1.73. The first kappa shape index (κ1) is 27.5. The average Bonchev–Trinajstić information content (AvgIpc) is 2.57. The lowest BCUT2D eigenvalue weighted by Crippen LogP contribution is -2.17. The molecule has 4 heteroatoms. The Bertz CT molecular complexity index is 895. The van der Waals surface area contributed by atoms with E-state index in [-0.39, 0.29) is 21.7 Å². The number of rotatable bonds is 4. The van der Waals surface area contributed by atoms with Crippen LogP contribution in [0.1, 0.15) is 105 Å². The molecule has 0 atom stereocenters. The van der Waals surface area contributed by atoms with Crippen LogP contribution in [-0.2, 0) is 21.7 Å². The summed E-state index contributed by atoms with van der Waals surface area (Å²) >= 11 is 0. The van der Waals surface area contributed by atoms with Gasteiger partial charge in [0.1, 0.15) is 11.5 Å². The molecule has 184 valence electrons. The van der Waals surface area contributed by atoms with Gasteiger partial charge in [-0.05, 0) is 68.2 Å². The van der Waals surface area contributed by atoms with E-state index in [9.17, 15) is 0 Å². The standard InChI is InChI=1S/C29H46NO2P/c1-26(2,3)20-14-21(27(4,5)6)17-24(16-20)31-33(13,30)32-25-18-22(28(7,8)9)15-23(19-25)29(10,11)12/h14-19,30H,1-13H3. The molecule has 0 saturated carbocycles. The lowest BCUT2D eigenvalue weighted by molar-refractivity contribution is 0.468. The van der Waals surface area contributed by atoms with Crippen LogP contribution >= 0.6 is 7.51 Å². The fourth-order valence-electron chi connectivity index (χ4n) is 3.46. The molecule has 0 unspecified atom stereocenters. The molecule has 0 aliphatic heterocycles. The molecule has 2 rings (SSSR count). The Kier molecular flexibility index (Phi) is 7.34.